The highest BCUT2D eigenvalue weighted by Gasteiger charge is 2.06. The summed E-state index contributed by atoms with van der Waals surface area (Å²) in [5.74, 6) is 0.154. The molecule has 0 heterocycles. The Morgan fingerprint density at radius 3 is 2.59 bits per heavy atom. The summed E-state index contributed by atoms with van der Waals surface area (Å²) < 4.78 is 10.1. The molecule has 0 unspecified atom stereocenters. The van der Waals surface area contributed by atoms with Gasteiger partial charge in [0.25, 0.3) is 0 Å². The van der Waals surface area contributed by atoms with Gasteiger partial charge in [-0.15, -0.1) is 0 Å². The van der Waals surface area contributed by atoms with Crippen LogP contribution in [0.25, 0.3) is 0 Å². The third-order valence-electron chi connectivity index (χ3n) is 1.81. The van der Waals surface area contributed by atoms with Crippen molar-refractivity contribution in [1.82, 2.24) is 0 Å². The van der Waals surface area contributed by atoms with Crippen LogP contribution < -0.4 is 4.74 Å². The molecule has 0 fully saturated rings. The van der Waals surface area contributed by atoms with Crippen molar-refractivity contribution in [3.05, 3.63) is 29.8 Å². The lowest BCUT2D eigenvalue weighted by Crippen LogP contribution is -2.18. The van der Waals surface area contributed by atoms with E-state index < -0.39 is 5.97 Å². The van der Waals surface area contributed by atoms with Gasteiger partial charge in [-0.3, -0.25) is 0 Å². The number of carbonyl (C=O) groups is 1. The monoisotopic (exact) mass is 237 g/mol. The van der Waals surface area contributed by atoms with Crippen molar-refractivity contribution in [2.24, 2.45) is 5.16 Å². The minimum absolute atomic E-state index is 0.119. The van der Waals surface area contributed by atoms with Crippen LogP contribution in [0.15, 0.2) is 29.4 Å². The number of ether oxygens (including phenoxy) is 2. The fourth-order valence-electron chi connectivity index (χ4n) is 1.16. The predicted molar refractivity (Wildman–Crippen MR) is 62.5 cm³/mol. The minimum atomic E-state index is -0.402. The molecule has 5 heteroatoms. The van der Waals surface area contributed by atoms with E-state index in [2.05, 4.69) is 5.16 Å². The highest BCUT2D eigenvalue weighted by Crippen LogP contribution is 2.11. The molecule has 0 saturated heterocycles. The van der Waals surface area contributed by atoms with Gasteiger partial charge in [-0.2, -0.15) is 0 Å². The van der Waals surface area contributed by atoms with E-state index in [0.29, 0.717) is 5.75 Å². The third-order valence-corrected chi connectivity index (χ3v) is 1.81. The molecular formula is C12H15NO4. The first kappa shape index (κ1) is 13.0. The number of nitrogens with zero attached hydrogens (tertiary/aromatic N) is 1. The number of hydrogen-bond donors (Lipinski definition) is 1. The van der Waals surface area contributed by atoms with Crippen molar-refractivity contribution in [2.45, 2.75) is 20.0 Å². The van der Waals surface area contributed by atoms with E-state index in [1.165, 1.54) is 6.21 Å². The molecule has 92 valence electrons. The maximum Gasteiger partial charge on any atom is 0.344 e. The number of oxime groups is 1. The van der Waals surface area contributed by atoms with Crippen molar-refractivity contribution in [2.75, 3.05) is 6.61 Å². The van der Waals surface area contributed by atoms with Gasteiger partial charge in [0.05, 0.1) is 12.3 Å². The normalized spacial score (nSPS) is 10.8. The van der Waals surface area contributed by atoms with Crippen LogP contribution >= 0.6 is 0 Å². The summed E-state index contributed by atoms with van der Waals surface area (Å²) >= 11 is 0. The Labute approximate surface area is 99.7 Å². The molecule has 0 saturated carbocycles. The molecule has 0 aliphatic carbocycles. The molecule has 5 nitrogen and oxygen atoms in total. The van der Waals surface area contributed by atoms with Crippen molar-refractivity contribution in [3.63, 3.8) is 0 Å². The van der Waals surface area contributed by atoms with Crippen molar-refractivity contribution in [3.8, 4) is 5.75 Å². The summed E-state index contributed by atoms with van der Waals surface area (Å²) in [6.07, 6.45) is 1.16. The van der Waals surface area contributed by atoms with Gasteiger partial charge < -0.3 is 14.7 Å². The number of hydrogen-bond acceptors (Lipinski definition) is 5. The Balaban J connectivity index is 2.44. The van der Waals surface area contributed by atoms with Crippen LogP contribution in [0.5, 0.6) is 5.75 Å². The second-order valence-electron chi connectivity index (χ2n) is 3.64. The maximum absolute atomic E-state index is 11.2. The van der Waals surface area contributed by atoms with Crippen LogP contribution in [0, 0.1) is 0 Å². The van der Waals surface area contributed by atoms with Crippen LogP contribution in [0.2, 0.25) is 0 Å². The summed E-state index contributed by atoms with van der Waals surface area (Å²) in [5, 5.41) is 11.2. The molecule has 0 aromatic heterocycles. The van der Waals surface area contributed by atoms with Crippen LogP contribution in [0.3, 0.4) is 0 Å². The number of carbonyl (C=O) groups excluding carboxylic acids is 1. The third kappa shape index (κ3) is 5.01. The fourth-order valence-corrected chi connectivity index (χ4v) is 1.16. The summed E-state index contributed by atoms with van der Waals surface area (Å²) in [5.41, 5.74) is 0.740. The Kier molecular flexibility index (Phi) is 5.00. The zero-order chi connectivity index (χ0) is 12.7. The largest absolute Gasteiger partial charge is 0.482 e. The lowest BCUT2D eigenvalue weighted by molar-refractivity contribution is -0.149. The quantitative estimate of drug-likeness (QED) is 0.367. The molecule has 17 heavy (non-hydrogen) atoms. The van der Waals surface area contributed by atoms with Gasteiger partial charge >= 0.3 is 5.97 Å². The van der Waals surface area contributed by atoms with Crippen LogP contribution in [-0.2, 0) is 9.53 Å². The van der Waals surface area contributed by atoms with Crippen molar-refractivity contribution >= 4 is 12.2 Å². The van der Waals surface area contributed by atoms with Crippen molar-refractivity contribution in [1.29, 1.82) is 0 Å². The first-order valence-corrected chi connectivity index (χ1v) is 5.21. The van der Waals surface area contributed by atoms with Crippen molar-refractivity contribution < 1.29 is 19.5 Å². The lowest BCUT2D eigenvalue weighted by atomic mass is 10.2. The predicted octanol–water partition coefficient (Wildman–Crippen LogP) is 1.83. The summed E-state index contributed by atoms with van der Waals surface area (Å²) in [4.78, 5) is 11.2. The van der Waals surface area contributed by atoms with Gasteiger partial charge in [0.2, 0.25) is 0 Å². The highest BCUT2D eigenvalue weighted by molar-refractivity contribution is 5.79. The van der Waals surface area contributed by atoms with E-state index in [4.69, 9.17) is 14.7 Å². The minimum Gasteiger partial charge on any atom is -0.482 e. The maximum atomic E-state index is 11.2. The molecule has 1 rings (SSSR count). The van der Waals surface area contributed by atoms with E-state index >= 15 is 0 Å². The average Bonchev–Trinajstić information content (AvgIpc) is 2.28. The van der Waals surface area contributed by atoms with E-state index in [-0.39, 0.29) is 12.7 Å². The SMILES string of the molecule is CC(C)OC(=O)COc1ccc(/C=N/O)cc1. The van der Waals surface area contributed by atoms with Crippen LogP contribution in [0.4, 0.5) is 0 Å². The van der Waals surface area contributed by atoms with Gasteiger partial charge in [-0.1, -0.05) is 5.16 Å². The topological polar surface area (TPSA) is 68.1 Å². The summed E-state index contributed by atoms with van der Waals surface area (Å²) in [7, 11) is 0. The van der Waals surface area contributed by atoms with Gasteiger partial charge in [0, 0.05) is 0 Å². The summed E-state index contributed by atoms with van der Waals surface area (Å²) in [6, 6.07) is 6.78. The molecule has 1 aromatic carbocycles. The highest BCUT2D eigenvalue weighted by atomic mass is 16.6. The fraction of sp³-hybridized carbons (Fsp3) is 0.333. The zero-order valence-corrected chi connectivity index (χ0v) is 9.79. The molecule has 0 aliphatic rings. The second-order valence-corrected chi connectivity index (χ2v) is 3.64. The smallest absolute Gasteiger partial charge is 0.344 e. The molecule has 1 N–H and O–H groups in total. The van der Waals surface area contributed by atoms with Crippen LogP contribution in [0.1, 0.15) is 19.4 Å². The molecule has 0 amide bonds. The van der Waals surface area contributed by atoms with E-state index in [1.807, 2.05) is 0 Å². The Bertz CT molecular complexity index is 384. The number of rotatable bonds is 5. The van der Waals surface area contributed by atoms with Gasteiger partial charge in [0.15, 0.2) is 6.61 Å². The Morgan fingerprint density at radius 1 is 1.41 bits per heavy atom. The van der Waals surface area contributed by atoms with Crippen LogP contribution in [-0.4, -0.2) is 30.1 Å². The van der Waals surface area contributed by atoms with E-state index in [1.54, 1.807) is 38.1 Å². The van der Waals surface area contributed by atoms with E-state index in [9.17, 15) is 4.79 Å². The molecule has 0 spiro atoms. The number of benzene rings is 1. The molecule has 1 aromatic rings. The number of esters is 1. The zero-order valence-electron chi connectivity index (χ0n) is 9.79. The molecule has 0 bridgehead atoms. The van der Waals surface area contributed by atoms with E-state index in [0.717, 1.165) is 5.56 Å². The van der Waals surface area contributed by atoms with Gasteiger partial charge in [-0.25, -0.2) is 4.79 Å². The molecular weight excluding hydrogens is 222 g/mol. The lowest BCUT2D eigenvalue weighted by Gasteiger charge is -2.09. The first-order valence-electron chi connectivity index (χ1n) is 5.21. The standard InChI is InChI=1S/C12H15NO4/c1-9(2)17-12(14)8-16-11-5-3-10(4-6-11)7-13-15/h3-7,9,15H,8H2,1-2H3/b13-7+. The summed E-state index contributed by atoms with van der Waals surface area (Å²) in [6.45, 7) is 3.44. The molecule has 0 radical (unpaired) electrons. The Hall–Kier alpha value is -2.04. The average molecular weight is 237 g/mol. The van der Waals surface area contributed by atoms with Gasteiger partial charge in [-0.05, 0) is 43.7 Å². The first-order chi connectivity index (χ1) is 8.11. The molecule has 0 aliphatic heterocycles. The van der Waals surface area contributed by atoms with Gasteiger partial charge in [0.1, 0.15) is 5.75 Å². The second kappa shape index (κ2) is 6.52. The Morgan fingerprint density at radius 2 is 2.06 bits per heavy atom. The molecule has 0 atom stereocenters.